The van der Waals surface area contributed by atoms with E-state index in [2.05, 4.69) is 41.5 Å². The Kier molecular flexibility index (Phi) is 29.0. The maximum Gasteiger partial charge on any atom is 0.180 e. The van der Waals surface area contributed by atoms with Gasteiger partial charge >= 0.3 is 0 Å². The van der Waals surface area contributed by atoms with Crippen LogP contribution < -0.4 is 4.74 Å². The molecular formula is C38H72O8. The highest BCUT2D eigenvalue weighted by Gasteiger charge is 2.28. The fourth-order valence-electron chi connectivity index (χ4n) is 5.52. The second-order valence-electron chi connectivity index (χ2n) is 12.3. The Hall–Kier alpha value is -1.26. The maximum atomic E-state index is 9.61. The molecule has 1 rings (SSSR count). The second kappa shape index (κ2) is 29.8. The van der Waals surface area contributed by atoms with E-state index in [4.69, 9.17) is 33.2 Å². The first kappa shape index (κ1) is 44.7. The van der Waals surface area contributed by atoms with Crippen molar-refractivity contribution in [3.8, 4) is 5.75 Å². The van der Waals surface area contributed by atoms with Gasteiger partial charge in [-0.25, -0.2) is 0 Å². The zero-order valence-corrected chi connectivity index (χ0v) is 31.2. The largest absolute Gasteiger partial charge is 0.491 e. The van der Waals surface area contributed by atoms with Gasteiger partial charge in [-0.1, -0.05) is 85.4 Å². The molecule has 0 saturated carbocycles. The molecule has 0 aromatic heterocycles. The van der Waals surface area contributed by atoms with E-state index in [0.29, 0.717) is 69.9 Å². The molecular weight excluding hydrogens is 584 g/mol. The molecule has 46 heavy (non-hydrogen) atoms. The van der Waals surface area contributed by atoms with Crippen LogP contribution in [0.3, 0.4) is 0 Å². The number of unbranched alkanes of at least 4 members (excludes halogenated alkanes) is 2. The van der Waals surface area contributed by atoms with Crippen LogP contribution in [0.5, 0.6) is 5.75 Å². The van der Waals surface area contributed by atoms with Crippen LogP contribution in [0.1, 0.15) is 108 Å². The summed E-state index contributed by atoms with van der Waals surface area (Å²) in [5.74, 6) is 2.73. The van der Waals surface area contributed by atoms with E-state index in [1.165, 1.54) is 25.7 Å². The van der Waals surface area contributed by atoms with Crippen LogP contribution in [-0.2, 0) is 28.4 Å². The van der Waals surface area contributed by atoms with E-state index < -0.39 is 0 Å². The molecule has 0 radical (unpaired) electrons. The zero-order chi connectivity index (χ0) is 34.6. The summed E-state index contributed by atoms with van der Waals surface area (Å²) in [5.41, 5.74) is 0. The Labute approximate surface area is 283 Å². The Morgan fingerprint density at radius 2 is 0.957 bits per heavy atom. The molecule has 0 amide bonds. The molecule has 0 fully saturated rings. The number of aliphatic hydroxyl groups excluding tert-OH is 1. The lowest BCUT2D eigenvalue weighted by atomic mass is 9.86. The first-order valence-electron chi connectivity index (χ1n) is 18.2. The van der Waals surface area contributed by atoms with E-state index in [-0.39, 0.29) is 31.4 Å². The third-order valence-electron chi connectivity index (χ3n) is 8.09. The van der Waals surface area contributed by atoms with Crippen LogP contribution in [0.25, 0.3) is 0 Å². The summed E-state index contributed by atoms with van der Waals surface area (Å²) in [6.45, 7) is 25.0. The lowest BCUT2D eigenvalue weighted by Crippen LogP contribution is -2.37. The van der Waals surface area contributed by atoms with Gasteiger partial charge in [0, 0.05) is 26.4 Å². The summed E-state index contributed by atoms with van der Waals surface area (Å²) in [6.07, 6.45) is 6.20. The number of benzene rings is 1. The van der Waals surface area contributed by atoms with Gasteiger partial charge < -0.3 is 38.3 Å². The molecule has 8 nitrogen and oxygen atoms in total. The summed E-state index contributed by atoms with van der Waals surface area (Å²) in [4.78, 5) is 0. The van der Waals surface area contributed by atoms with Gasteiger partial charge in [-0.3, -0.25) is 0 Å². The minimum Gasteiger partial charge on any atom is -0.491 e. The van der Waals surface area contributed by atoms with Gasteiger partial charge in [0.1, 0.15) is 12.4 Å². The number of ether oxygens (including phenoxy) is 7. The van der Waals surface area contributed by atoms with Gasteiger partial charge in [0.15, 0.2) is 12.6 Å². The van der Waals surface area contributed by atoms with Gasteiger partial charge in [-0.15, -0.1) is 0 Å². The molecule has 1 N–H and O–H groups in total. The number of rotatable bonds is 28. The van der Waals surface area contributed by atoms with E-state index in [1.54, 1.807) is 0 Å². The summed E-state index contributed by atoms with van der Waals surface area (Å²) in [6, 6.07) is 9.94. The van der Waals surface area contributed by atoms with E-state index in [9.17, 15) is 5.11 Å². The van der Waals surface area contributed by atoms with Gasteiger partial charge in [0.2, 0.25) is 0 Å². The predicted octanol–water partition coefficient (Wildman–Crippen LogP) is 8.54. The average Bonchev–Trinajstić information content (AvgIpc) is 3.04. The monoisotopic (exact) mass is 657 g/mol. The van der Waals surface area contributed by atoms with Crippen LogP contribution in [0.4, 0.5) is 0 Å². The van der Waals surface area contributed by atoms with Crippen molar-refractivity contribution < 1.29 is 38.3 Å². The Morgan fingerprint density at radius 1 is 0.543 bits per heavy atom. The first-order valence-corrected chi connectivity index (χ1v) is 18.2. The van der Waals surface area contributed by atoms with Crippen LogP contribution in [0, 0.1) is 23.7 Å². The maximum absolute atomic E-state index is 9.61. The Bertz CT molecular complexity index is 750. The normalized spacial score (nSPS) is 14.4. The smallest absolute Gasteiger partial charge is 0.180 e. The fraction of sp³-hybridized carbons (Fsp3) is 0.842. The molecule has 0 aliphatic carbocycles. The Balaban J connectivity index is 0.000000914. The highest BCUT2D eigenvalue weighted by atomic mass is 16.7. The molecule has 0 spiro atoms. The first-order chi connectivity index (χ1) is 22.2. The van der Waals surface area contributed by atoms with Crippen LogP contribution in [0.15, 0.2) is 30.3 Å². The highest BCUT2D eigenvalue weighted by Crippen LogP contribution is 2.26. The zero-order valence-electron chi connectivity index (χ0n) is 31.2. The molecule has 1 aromatic carbocycles. The lowest BCUT2D eigenvalue weighted by Gasteiger charge is -2.31. The quantitative estimate of drug-likeness (QED) is 0.0899. The number of hydrogen-bond donors (Lipinski definition) is 1. The number of aliphatic hydroxyl groups is 1. The van der Waals surface area contributed by atoms with Crippen molar-refractivity contribution >= 4 is 0 Å². The van der Waals surface area contributed by atoms with E-state index in [0.717, 1.165) is 18.6 Å². The molecule has 0 heterocycles. The molecule has 1 aromatic rings. The van der Waals surface area contributed by atoms with Crippen LogP contribution in [-0.4, -0.2) is 82.7 Å². The summed E-state index contributed by atoms with van der Waals surface area (Å²) in [7, 11) is 0. The third-order valence-corrected chi connectivity index (χ3v) is 8.09. The molecule has 0 aliphatic heterocycles. The molecule has 4 atom stereocenters. The minimum atomic E-state index is -0.335. The molecule has 0 bridgehead atoms. The Morgan fingerprint density at radius 3 is 1.33 bits per heavy atom. The van der Waals surface area contributed by atoms with Gasteiger partial charge in [0.25, 0.3) is 0 Å². The average molecular weight is 657 g/mol. The molecule has 0 unspecified atom stereocenters. The molecule has 0 saturated heterocycles. The van der Waals surface area contributed by atoms with Gasteiger partial charge in [-0.05, 0) is 76.3 Å². The van der Waals surface area contributed by atoms with Crippen molar-refractivity contribution in [1.29, 1.82) is 0 Å². The summed E-state index contributed by atoms with van der Waals surface area (Å²) >= 11 is 0. The molecule has 0 aliphatic rings. The van der Waals surface area contributed by atoms with Crippen molar-refractivity contribution in [1.82, 2.24) is 0 Å². The van der Waals surface area contributed by atoms with Crippen molar-refractivity contribution in [3.05, 3.63) is 30.3 Å². The van der Waals surface area contributed by atoms with Crippen molar-refractivity contribution in [3.63, 3.8) is 0 Å². The topological polar surface area (TPSA) is 84.8 Å². The third kappa shape index (κ3) is 20.9. The van der Waals surface area contributed by atoms with Crippen molar-refractivity contribution in [2.24, 2.45) is 23.7 Å². The minimum absolute atomic E-state index is 0.0187. The highest BCUT2D eigenvalue weighted by molar-refractivity contribution is 5.20. The van der Waals surface area contributed by atoms with Crippen LogP contribution in [0.2, 0.25) is 0 Å². The predicted molar refractivity (Wildman–Crippen MR) is 188 cm³/mol. The van der Waals surface area contributed by atoms with E-state index >= 15 is 0 Å². The van der Waals surface area contributed by atoms with Crippen molar-refractivity contribution in [2.45, 2.75) is 133 Å². The molecule has 8 heteroatoms. The number of hydrogen-bond acceptors (Lipinski definition) is 8. The standard InChI is InChI=1S/C22H38O4.C16H34O4/c1-6-9-15-20(18(4)5)21(16-25-19-13-11-10-12-14-19)26-17-22(23-7-2)24-8-3;1-6-9-10-14(13(4)5)15(11-17)20-12-16(18-7-2)19-8-3/h10-14,18,20-22H,6-9,15-17H2,1-5H3;13-17H,6-12H2,1-5H3/t20-,21+;14-,15+/m00/s1. The summed E-state index contributed by atoms with van der Waals surface area (Å²) in [5, 5.41) is 9.61. The second-order valence-corrected chi connectivity index (χ2v) is 12.3. The van der Waals surface area contributed by atoms with E-state index in [1.807, 2.05) is 58.0 Å². The number of para-hydroxylation sites is 1. The molecule has 272 valence electrons. The van der Waals surface area contributed by atoms with Gasteiger partial charge in [0.05, 0.1) is 32.0 Å². The van der Waals surface area contributed by atoms with Crippen molar-refractivity contribution in [2.75, 3.05) is 52.9 Å². The lowest BCUT2D eigenvalue weighted by molar-refractivity contribution is -0.185. The van der Waals surface area contributed by atoms with Gasteiger partial charge in [-0.2, -0.15) is 0 Å². The SMILES string of the molecule is CCCC[C@@H](C(C)C)[C@@H](CO)OCC(OCC)OCC.CCCC[C@@H](C(C)C)[C@@H](COc1ccccc1)OCC(OCC)OCC. The summed E-state index contributed by atoms with van der Waals surface area (Å²) < 4.78 is 40.4. The van der Waals surface area contributed by atoms with Crippen LogP contribution >= 0.6 is 0 Å². The fourth-order valence-corrected chi connectivity index (χ4v) is 5.52.